The first kappa shape index (κ1) is 25.8. The molecule has 3 rings (SSSR count). The highest BCUT2D eigenvalue weighted by Gasteiger charge is 2.32. The molecule has 34 heavy (non-hydrogen) atoms. The van der Waals surface area contributed by atoms with E-state index >= 15 is 0 Å². The molecule has 1 aliphatic heterocycles. The lowest BCUT2D eigenvalue weighted by Gasteiger charge is -2.17. The van der Waals surface area contributed by atoms with Gasteiger partial charge in [-0.3, -0.25) is 9.69 Å². The second kappa shape index (κ2) is 11.6. The normalized spacial score (nSPS) is 16.0. The maximum Gasteiger partial charge on any atom is 0.337 e. The Kier molecular flexibility index (Phi) is 8.79. The molecule has 1 aliphatic rings. The molecule has 180 valence electrons. The molecule has 0 unspecified atom stereocenters. The molecule has 0 aliphatic carbocycles. The van der Waals surface area contributed by atoms with Gasteiger partial charge in [0.2, 0.25) is 0 Å². The fourth-order valence-corrected chi connectivity index (χ4v) is 4.85. The lowest BCUT2D eigenvalue weighted by Crippen LogP contribution is -2.28. The molecule has 1 amide bonds. The highest BCUT2D eigenvalue weighted by atomic mass is 79.9. The zero-order valence-electron chi connectivity index (χ0n) is 19.8. The molecule has 0 bridgehead atoms. The summed E-state index contributed by atoms with van der Waals surface area (Å²) in [6.07, 6.45) is 1.80. The number of halogens is 1. The minimum atomic E-state index is -0.439. The fourth-order valence-electron chi connectivity index (χ4n) is 3.24. The standard InChI is InChI=1S/C25H27BrN2O5S/c1-6-28-23(29)21(34-25(28)27-18-10-8-9-17(14-18)24(30)31-5)13-16-11-19(26)22(33-15(3)4)20(12-16)32-7-2/h8-15H,6-7H2,1-5H3. The van der Waals surface area contributed by atoms with E-state index in [0.717, 1.165) is 10.0 Å². The third-order valence-electron chi connectivity index (χ3n) is 4.68. The van der Waals surface area contributed by atoms with E-state index in [1.165, 1.54) is 18.9 Å². The molecule has 9 heteroatoms. The van der Waals surface area contributed by atoms with Crippen LogP contribution in [-0.2, 0) is 9.53 Å². The van der Waals surface area contributed by atoms with Crippen LogP contribution in [0.15, 0.2) is 50.8 Å². The Labute approximate surface area is 212 Å². The van der Waals surface area contributed by atoms with E-state index in [0.29, 0.717) is 46.0 Å². The van der Waals surface area contributed by atoms with Gasteiger partial charge in [0, 0.05) is 6.54 Å². The number of carbonyl (C=O) groups excluding carboxylic acids is 2. The second-order valence-corrected chi connectivity index (χ2v) is 9.39. The molecule has 2 aromatic carbocycles. The average molecular weight is 547 g/mol. The van der Waals surface area contributed by atoms with Crippen LogP contribution >= 0.6 is 27.7 Å². The molecule has 7 nitrogen and oxygen atoms in total. The molecule has 1 heterocycles. The lowest BCUT2D eigenvalue weighted by atomic mass is 10.1. The van der Waals surface area contributed by atoms with Gasteiger partial charge in [-0.15, -0.1) is 0 Å². The molecule has 0 radical (unpaired) electrons. The summed E-state index contributed by atoms with van der Waals surface area (Å²) in [6.45, 7) is 8.66. The van der Waals surface area contributed by atoms with Crippen molar-refractivity contribution in [2.75, 3.05) is 20.3 Å². The number of ether oxygens (including phenoxy) is 3. The van der Waals surface area contributed by atoms with Crippen LogP contribution in [0.4, 0.5) is 5.69 Å². The number of esters is 1. The van der Waals surface area contributed by atoms with Gasteiger partial charge in [-0.25, -0.2) is 9.79 Å². The zero-order valence-corrected chi connectivity index (χ0v) is 22.2. The number of thioether (sulfide) groups is 1. The molecule has 0 N–H and O–H groups in total. The molecular formula is C25H27BrN2O5S. The van der Waals surface area contributed by atoms with Crippen LogP contribution in [0.1, 0.15) is 43.6 Å². The van der Waals surface area contributed by atoms with E-state index in [1.54, 1.807) is 29.2 Å². The summed E-state index contributed by atoms with van der Waals surface area (Å²) in [5.74, 6) is 0.665. The van der Waals surface area contributed by atoms with E-state index in [9.17, 15) is 9.59 Å². The van der Waals surface area contributed by atoms with Crippen LogP contribution in [0.25, 0.3) is 6.08 Å². The first-order chi connectivity index (χ1) is 16.3. The number of aliphatic imine (C=N–C) groups is 1. The van der Waals surface area contributed by atoms with Crippen molar-refractivity contribution < 1.29 is 23.8 Å². The van der Waals surface area contributed by atoms with Gasteiger partial charge in [0.05, 0.1) is 40.4 Å². The van der Waals surface area contributed by atoms with Crippen molar-refractivity contribution >= 4 is 56.5 Å². The topological polar surface area (TPSA) is 77.4 Å². The van der Waals surface area contributed by atoms with Crippen molar-refractivity contribution in [3.8, 4) is 11.5 Å². The van der Waals surface area contributed by atoms with Gasteiger partial charge < -0.3 is 14.2 Å². The Hall–Kier alpha value is -2.78. The van der Waals surface area contributed by atoms with Gasteiger partial charge >= 0.3 is 5.97 Å². The van der Waals surface area contributed by atoms with Crippen molar-refractivity contribution in [3.63, 3.8) is 0 Å². The highest BCUT2D eigenvalue weighted by Crippen LogP contribution is 2.40. The first-order valence-electron chi connectivity index (χ1n) is 10.9. The van der Waals surface area contributed by atoms with Crippen molar-refractivity contribution in [3.05, 3.63) is 56.9 Å². The Morgan fingerprint density at radius 3 is 2.65 bits per heavy atom. The maximum atomic E-state index is 13.1. The van der Waals surface area contributed by atoms with Crippen molar-refractivity contribution in [2.24, 2.45) is 4.99 Å². The van der Waals surface area contributed by atoms with Crippen molar-refractivity contribution in [1.29, 1.82) is 0 Å². The number of benzene rings is 2. The largest absolute Gasteiger partial charge is 0.490 e. The van der Waals surface area contributed by atoms with Crippen molar-refractivity contribution in [2.45, 2.75) is 33.8 Å². The van der Waals surface area contributed by atoms with E-state index in [4.69, 9.17) is 14.2 Å². The molecular weight excluding hydrogens is 520 g/mol. The predicted molar refractivity (Wildman–Crippen MR) is 139 cm³/mol. The number of carbonyl (C=O) groups is 2. The quantitative estimate of drug-likeness (QED) is 0.296. The number of rotatable bonds is 8. The van der Waals surface area contributed by atoms with Crippen LogP contribution in [-0.4, -0.2) is 48.3 Å². The number of methoxy groups -OCH3 is 1. The van der Waals surface area contributed by atoms with Crippen LogP contribution in [0.3, 0.4) is 0 Å². The maximum absolute atomic E-state index is 13.1. The Balaban J connectivity index is 1.96. The average Bonchev–Trinajstić information content (AvgIpc) is 3.09. The zero-order chi connectivity index (χ0) is 24.8. The number of hydrogen-bond acceptors (Lipinski definition) is 7. The first-order valence-corrected chi connectivity index (χ1v) is 12.5. The van der Waals surface area contributed by atoms with Crippen LogP contribution in [0.2, 0.25) is 0 Å². The van der Waals surface area contributed by atoms with Gasteiger partial charge in [0.1, 0.15) is 0 Å². The number of amides is 1. The highest BCUT2D eigenvalue weighted by molar-refractivity contribution is 9.10. The third kappa shape index (κ3) is 6.01. The summed E-state index contributed by atoms with van der Waals surface area (Å²) in [5.41, 5.74) is 1.76. The van der Waals surface area contributed by atoms with E-state index in [2.05, 4.69) is 20.9 Å². The number of nitrogens with zero attached hydrogens (tertiary/aromatic N) is 2. The number of amidine groups is 1. The summed E-state index contributed by atoms with van der Waals surface area (Å²) in [7, 11) is 1.33. The van der Waals surface area contributed by atoms with E-state index in [-0.39, 0.29) is 12.0 Å². The van der Waals surface area contributed by atoms with Gasteiger partial charge in [-0.05, 0) is 97.4 Å². The predicted octanol–water partition coefficient (Wildman–Crippen LogP) is 6.05. The van der Waals surface area contributed by atoms with Gasteiger partial charge in [-0.2, -0.15) is 0 Å². The Bertz CT molecular complexity index is 1150. The molecule has 2 aromatic rings. The molecule has 0 atom stereocenters. The summed E-state index contributed by atoms with van der Waals surface area (Å²) >= 11 is 4.85. The van der Waals surface area contributed by atoms with Gasteiger partial charge in [0.25, 0.3) is 5.91 Å². The van der Waals surface area contributed by atoms with Crippen LogP contribution < -0.4 is 9.47 Å². The summed E-state index contributed by atoms with van der Waals surface area (Å²) in [4.78, 5) is 31.7. The summed E-state index contributed by atoms with van der Waals surface area (Å²) < 4.78 is 17.2. The Morgan fingerprint density at radius 1 is 1.24 bits per heavy atom. The molecule has 0 saturated carbocycles. The van der Waals surface area contributed by atoms with Gasteiger partial charge in [-0.1, -0.05) is 6.07 Å². The minimum Gasteiger partial charge on any atom is -0.490 e. The fraction of sp³-hybridized carbons (Fsp3) is 0.320. The molecule has 1 fully saturated rings. The molecule has 1 saturated heterocycles. The monoisotopic (exact) mass is 546 g/mol. The second-order valence-electron chi connectivity index (χ2n) is 7.53. The van der Waals surface area contributed by atoms with Crippen LogP contribution in [0, 0.1) is 0 Å². The summed E-state index contributed by atoms with van der Waals surface area (Å²) in [5, 5.41) is 0.546. The third-order valence-corrected chi connectivity index (χ3v) is 6.27. The van der Waals surface area contributed by atoms with E-state index in [1.807, 2.05) is 45.9 Å². The lowest BCUT2D eigenvalue weighted by molar-refractivity contribution is -0.122. The number of hydrogen-bond donors (Lipinski definition) is 0. The smallest absolute Gasteiger partial charge is 0.337 e. The Morgan fingerprint density at radius 2 is 2.00 bits per heavy atom. The van der Waals surface area contributed by atoms with Crippen LogP contribution in [0.5, 0.6) is 11.5 Å². The SMILES string of the molecule is CCOc1cc(C=C2SC(=Nc3cccc(C(=O)OC)c3)N(CC)C2=O)cc(Br)c1OC(C)C. The molecule has 0 spiro atoms. The summed E-state index contributed by atoms with van der Waals surface area (Å²) in [6, 6.07) is 10.6. The minimum absolute atomic E-state index is 0.0127. The molecule has 0 aromatic heterocycles. The van der Waals surface area contributed by atoms with Crippen molar-refractivity contribution in [1.82, 2.24) is 4.90 Å². The van der Waals surface area contributed by atoms with Gasteiger partial charge in [0.15, 0.2) is 16.7 Å². The number of likely N-dealkylation sites (N-methyl/N-ethyl adjacent to an activating group) is 1. The van der Waals surface area contributed by atoms with E-state index < -0.39 is 5.97 Å².